The maximum atomic E-state index is 11.7. The average molecular weight is 300 g/mol. The Morgan fingerprint density at radius 3 is 2.36 bits per heavy atom. The fourth-order valence-corrected chi connectivity index (χ4v) is 2.01. The van der Waals surface area contributed by atoms with Crippen molar-refractivity contribution in [3.05, 3.63) is 54.6 Å². The summed E-state index contributed by atoms with van der Waals surface area (Å²) in [5.74, 6) is 0. The highest BCUT2D eigenvalue weighted by Crippen LogP contribution is 2.20. The second-order valence-corrected chi connectivity index (χ2v) is 4.89. The van der Waals surface area contributed by atoms with Crippen LogP contribution in [0.25, 0.3) is 11.1 Å². The molecule has 1 unspecified atom stereocenters. The van der Waals surface area contributed by atoms with Crippen molar-refractivity contribution in [2.45, 2.75) is 6.10 Å². The van der Waals surface area contributed by atoms with Crippen LogP contribution in [-0.2, 0) is 4.74 Å². The molecular formula is C17H20N2O3. The average Bonchev–Trinajstić information content (AvgIpc) is 2.55. The quantitative estimate of drug-likeness (QED) is 0.767. The van der Waals surface area contributed by atoms with Crippen molar-refractivity contribution in [1.82, 2.24) is 5.32 Å². The lowest BCUT2D eigenvalue weighted by molar-refractivity contribution is 0.0663. The summed E-state index contributed by atoms with van der Waals surface area (Å²) in [5.41, 5.74) is 2.90. The van der Waals surface area contributed by atoms with E-state index in [2.05, 4.69) is 10.6 Å². The number of aliphatic hydroxyl groups is 1. The third-order valence-corrected chi connectivity index (χ3v) is 3.11. The lowest BCUT2D eigenvalue weighted by atomic mass is 10.1. The summed E-state index contributed by atoms with van der Waals surface area (Å²) in [4.78, 5) is 11.7. The number of rotatable bonds is 6. The van der Waals surface area contributed by atoms with Crippen LogP contribution in [0.5, 0.6) is 0 Å². The minimum absolute atomic E-state index is 0.141. The molecule has 1 atom stereocenters. The molecule has 0 aliphatic rings. The van der Waals surface area contributed by atoms with Gasteiger partial charge < -0.3 is 20.5 Å². The van der Waals surface area contributed by atoms with E-state index >= 15 is 0 Å². The molecule has 0 spiro atoms. The summed E-state index contributed by atoms with van der Waals surface area (Å²) in [6.07, 6.45) is -0.712. The number of ether oxygens (including phenoxy) is 1. The molecule has 5 heteroatoms. The van der Waals surface area contributed by atoms with Crippen molar-refractivity contribution in [3.63, 3.8) is 0 Å². The number of urea groups is 1. The first-order valence-corrected chi connectivity index (χ1v) is 7.06. The van der Waals surface area contributed by atoms with E-state index in [4.69, 9.17) is 4.74 Å². The molecule has 116 valence electrons. The number of hydrogen-bond donors (Lipinski definition) is 3. The number of benzene rings is 2. The Morgan fingerprint density at radius 1 is 1.09 bits per heavy atom. The zero-order valence-corrected chi connectivity index (χ0v) is 12.5. The van der Waals surface area contributed by atoms with Gasteiger partial charge in [-0.1, -0.05) is 42.5 Å². The van der Waals surface area contributed by atoms with Crippen LogP contribution in [0.2, 0.25) is 0 Å². The first-order valence-electron chi connectivity index (χ1n) is 7.06. The third-order valence-electron chi connectivity index (χ3n) is 3.11. The van der Waals surface area contributed by atoms with Crippen LogP contribution in [0.4, 0.5) is 10.5 Å². The van der Waals surface area contributed by atoms with Crippen LogP contribution in [0.1, 0.15) is 0 Å². The van der Waals surface area contributed by atoms with Gasteiger partial charge >= 0.3 is 6.03 Å². The molecule has 2 aromatic rings. The highest BCUT2D eigenvalue weighted by molar-refractivity contribution is 5.89. The lowest BCUT2D eigenvalue weighted by Crippen LogP contribution is -2.36. The van der Waals surface area contributed by atoms with Crippen LogP contribution < -0.4 is 10.6 Å². The maximum absolute atomic E-state index is 11.7. The Kier molecular flexibility index (Phi) is 5.94. The van der Waals surface area contributed by atoms with Crippen LogP contribution in [0.15, 0.2) is 54.6 Å². The SMILES string of the molecule is COCC(O)CNC(=O)Nc1ccc(-c2ccccc2)cc1. The van der Waals surface area contributed by atoms with E-state index in [0.29, 0.717) is 5.69 Å². The Balaban J connectivity index is 1.87. The number of hydrogen-bond acceptors (Lipinski definition) is 3. The van der Waals surface area contributed by atoms with Crippen LogP contribution in [0, 0.1) is 0 Å². The minimum atomic E-state index is -0.712. The monoisotopic (exact) mass is 300 g/mol. The summed E-state index contributed by atoms with van der Waals surface area (Å²) in [5, 5.41) is 14.8. The number of anilines is 1. The molecule has 0 heterocycles. The van der Waals surface area contributed by atoms with Crippen molar-refractivity contribution in [2.24, 2.45) is 0 Å². The van der Waals surface area contributed by atoms with Crippen LogP contribution in [0.3, 0.4) is 0 Å². The number of methoxy groups -OCH3 is 1. The summed E-state index contributed by atoms with van der Waals surface area (Å²) < 4.78 is 4.79. The van der Waals surface area contributed by atoms with Gasteiger partial charge in [0.15, 0.2) is 0 Å². The number of carbonyl (C=O) groups excluding carboxylic acids is 1. The van der Waals surface area contributed by atoms with Gasteiger partial charge in [0.25, 0.3) is 0 Å². The van der Waals surface area contributed by atoms with E-state index < -0.39 is 6.10 Å². The van der Waals surface area contributed by atoms with Gasteiger partial charge in [-0.15, -0.1) is 0 Å². The van der Waals surface area contributed by atoms with Gasteiger partial charge in [0.2, 0.25) is 0 Å². The standard InChI is InChI=1S/C17H20N2O3/c1-22-12-16(20)11-18-17(21)19-15-9-7-14(8-10-15)13-5-3-2-4-6-13/h2-10,16,20H,11-12H2,1H3,(H2,18,19,21). The summed E-state index contributed by atoms with van der Waals surface area (Å²) in [7, 11) is 1.50. The molecule has 22 heavy (non-hydrogen) atoms. The van der Waals surface area contributed by atoms with Gasteiger partial charge in [0.05, 0.1) is 12.7 Å². The number of nitrogens with one attached hydrogen (secondary N) is 2. The molecule has 5 nitrogen and oxygen atoms in total. The fourth-order valence-electron chi connectivity index (χ4n) is 2.01. The number of amides is 2. The van der Waals surface area contributed by atoms with E-state index in [1.54, 1.807) is 0 Å². The molecule has 0 saturated carbocycles. The first kappa shape index (κ1) is 16.0. The predicted molar refractivity (Wildman–Crippen MR) is 86.8 cm³/mol. The molecule has 2 amide bonds. The van der Waals surface area contributed by atoms with Crippen molar-refractivity contribution < 1.29 is 14.6 Å². The Labute approximate surface area is 129 Å². The molecule has 0 bridgehead atoms. The van der Waals surface area contributed by atoms with Crippen LogP contribution >= 0.6 is 0 Å². The number of aliphatic hydroxyl groups excluding tert-OH is 1. The normalized spacial score (nSPS) is 11.7. The van der Waals surface area contributed by atoms with Gasteiger partial charge in [-0.2, -0.15) is 0 Å². The van der Waals surface area contributed by atoms with Gasteiger partial charge in [-0.05, 0) is 23.3 Å². The zero-order chi connectivity index (χ0) is 15.8. The smallest absolute Gasteiger partial charge is 0.319 e. The van der Waals surface area contributed by atoms with Crippen molar-refractivity contribution in [3.8, 4) is 11.1 Å². The summed E-state index contributed by atoms with van der Waals surface area (Å²) in [6, 6.07) is 17.2. The molecule has 0 fully saturated rings. The van der Waals surface area contributed by atoms with Crippen LogP contribution in [-0.4, -0.2) is 37.5 Å². The molecule has 0 radical (unpaired) electrons. The first-order chi connectivity index (χ1) is 10.7. The van der Waals surface area contributed by atoms with E-state index in [0.717, 1.165) is 11.1 Å². The van der Waals surface area contributed by atoms with Crippen molar-refractivity contribution >= 4 is 11.7 Å². The Hall–Kier alpha value is -2.37. The minimum Gasteiger partial charge on any atom is -0.389 e. The molecule has 0 aliphatic heterocycles. The van der Waals surface area contributed by atoms with E-state index in [9.17, 15) is 9.90 Å². The van der Waals surface area contributed by atoms with E-state index in [-0.39, 0.29) is 19.2 Å². The van der Waals surface area contributed by atoms with Gasteiger partial charge in [0.1, 0.15) is 0 Å². The van der Waals surface area contributed by atoms with Gasteiger partial charge in [-0.25, -0.2) is 4.79 Å². The largest absolute Gasteiger partial charge is 0.389 e. The van der Waals surface area contributed by atoms with Gasteiger partial charge in [-0.3, -0.25) is 0 Å². The second kappa shape index (κ2) is 8.17. The topological polar surface area (TPSA) is 70.6 Å². The zero-order valence-electron chi connectivity index (χ0n) is 12.5. The fraction of sp³-hybridized carbons (Fsp3) is 0.235. The molecule has 0 saturated heterocycles. The van der Waals surface area contributed by atoms with Gasteiger partial charge in [0, 0.05) is 19.3 Å². The third kappa shape index (κ3) is 4.87. The predicted octanol–water partition coefficient (Wildman–Crippen LogP) is 2.48. The van der Waals surface area contributed by atoms with Crippen molar-refractivity contribution in [2.75, 3.05) is 25.6 Å². The molecule has 2 rings (SSSR count). The molecule has 0 aromatic heterocycles. The highest BCUT2D eigenvalue weighted by Gasteiger charge is 2.06. The summed E-state index contributed by atoms with van der Waals surface area (Å²) >= 11 is 0. The Bertz CT molecular complexity index is 585. The lowest BCUT2D eigenvalue weighted by Gasteiger charge is -2.12. The van der Waals surface area contributed by atoms with E-state index in [1.165, 1.54) is 7.11 Å². The summed E-state index contributed by atoms with van der Waals surface area (Å²) in [6.45, 7) is 0.327. The molecule has 0 aliphatic carbocycles. The molecular weight excluding hydrogens is 280 g/mol. The molecule has 2 aromatic carbocycles. The van der Waals surface area contributed by atoms with E-state index in [1.807, 2.05) is 54.6 Å². The molecule has 3 N–H and O–H groups in total. The van der Waals surface area contributed by atoms with Crippen molar-refractivity contribution in [1.29, 1.82) is 0 Å². The number of carbonyl (C=O) groups is 1. The highest BCUT2D eigenvalue weighted by atomic mass is 16.5. The maximum Gasteiger partial charge on any atom is 0.319 e. The Morgan fingerprint density at radius 2 is 1.73 bits per heavy atom. The second-order valence-electron chi connectivity index (χ2n) is 4.89.